The lowest BCUT2D eigenvalue weighted by Crippen LogP contribution is -2.50. The maximum absolute atomic E-state index is 11.3. The monoisotopic (exact) mass is 240 g/mol. The SMILES string of the molecule is NCCC(C(=O)O)N1CCC2CCCCC2C1. The van der Waals surface area contributed by atoms with Crippen molar-refractivity contribution in [1.82, 2.24) is 4.90 Å². The summed E-state index contributed by atoms with van der Waals surface area (Å²) in [5.74, 6) is 0.883. The molecule has 1 aliphatic carbocycles. The van der Waals surface area contributed by atoms with Crippen LogP contribution in [0.2, 0.25) is 0 Å². The van der Waals surface area contributed by atoms with E-state index in [4.69, 9.17) is 5.73 Å². The van der Waals surface area contributed by atoms with Crippen molar-refractivity contribution in [2.45, 2.75) is 44.6 Å². The van der Waals surface area contributed by atoms with E-state index in [9.17, 15) is 9.90 Å². The normalized spacial score (nSPS) is 31.8. The van der Waals surface area contributed by atoms with E-state index in [1.54, 1.807) is 0 Å². The van der Waals surface area contributed by atoms with Crippen LogP contribution in [-0.4, -0.2) is 41.7 Å². The number of carboxylic acids is 1. The molecule has 0 bridgehead atoms. The van der Waals surface area contributed by atoms with Crippen LogP contribution in [0.5, 0.6) is 0 Å². The molecule has 4 heteroatoms. The van der Waals surface area contributed by atoms with E-state index in [2.05, 4.69) is 4.90 Å². The molecule has 4 nitrogen and oxygen atoms in total. The lowest BCUT2D eigenvalue weighted by atomic mass is 9.75. The first-order valence-corrected chi connectivity index (χ1v) is 6.89. The molecule has 2 fully saturated rings. The highest BCUT2D eigenvalue weighted by Gasteiger charge is 2.35. The zero-order valence-corrected chi connectivity index (χ0v) is 10.5. The number of aliphatic carboxylic acids is 1. The zero-order valence-electron chi connectivity index (χ0n) is 10.5. The number of carbonyl (C=O) groups is 1. The van der Waals surface area contributed by atoms with Gasteiger partial charge in [0.1, 0.15) is 6.04 Å². The van der Waals surface area contributed by atoms with Gasteiger partial charge in [0.15, 0.2) is 0 Å². The van der Waals surface area contributed by atoms with E-state index in [1.165, 1.54) is 32.1 Å². The summed E-state index contributed by atoms with van der Waals surface area (Å²) in [4.78, 5) is 13.4. The van der Waals surface area contributed by atoms with E-state index in [0.717, 1.165) is 24.9 Å². The number of piperidine rings is 1. The summed E-state index contributed by atoms with van der Waals surface area (Å²) in [6.07, 6.45) is 7.09. The van der Waals surface area contributed by atoms with Crippen LogP contribution >= 0.6 is 0 Å². The van der Waals surface area contributed by atoms with Crippen molar-refractivity contribution in [3.05, 3.63) is 0 Å². The highest BCUT2D eigenvalue weighted by atomic mass is 16.4. The van der Waals surface area contributed by atoms with Crippen LogP contribution in [0, 0.1) is 11.8 Å². The van der Waals surface area contributed by atoms with Gasteiger partial charge in [-0.05, 0) is 44.2 Å². The molecule has 1 saturated heterocycles. The minimum absolute atomic E-state index is 0.358. The van der Waals surface area contributed by atoms with Gasteiger partial charge in [-0.2, -0.15) is 0 Å². The van der Waals surface area contributed by atoms with Crippen LogP contribution in [0.3, 0.4) is 0 Å². The Balaban J connectivity index is 1.95. The zero-order chi connectivity index (χ0) is 12.3. The predicted molar refractivity (Wildman–Crippen MR) is 66.7 cm³/mol. The van der Waals surface area contributed by atoms with E-state index in [0.29, 0.717) is 13.0 Å². The summed E-state index contributed by atoms with van der Waals surface area (Å²) < 4.78 is 0. The van der Waals surface area contributed by atoms with Crippen molar-refractivity contribution in [1.29, 1.82) is 0 Å². The molecule has 2 rings (SSSR count). The number of fused-ring (bicyclic) bond motifs is 1. The molecular weight excluding hydrogens is 216 g/mol. The number of rotatable bonds is 4. The first kappa shape index (κ1) is 12.8. The van der Waals surface area contributed by atoms with Gasteiger partial charge in [-0.3, -0.25) is 9.69 Å². The molecule has 98 valence electrons. The molecular formula is C13H24N2O2. The van der Waals surface area contributed by atoms with Gasteiger partial charge < -0.3 is 10.8 Å². The summed E-state index contributed by atoms with van der Waals surface area (Å²) in [6.45, 7) is 2.38. The average Bonchev–Trinajstić information content (AvgIpc) is 2.35. The third-order valence-electron chi connectivity index (χ3n) is 4.49. The van der Waals surface area contributed by atoms with Gasteiger partial charge in [0.05, 0.1) is 0 Å². The molecule has 3 N–H and O–H groups in total. The Bertz CT molecular complexity index is 270. The van der Waals surface area contributed by atoms with Crippen LogP contribution in [0.15, 0.2) is 0 Å². The van der Waals surface area contributed by atoms with Crippen molar-refractivity contribution in [2.75, 3.05) is 19.6 Å². The van der Waals surface area contributed by atoms with Crippen LogP contribution in [0.1, 0.15) is 38.5 Å². The molecule has 2 aliphatic rings. The Morgan fingerprint density at radius 2 is 2.00 bits per heavy atom. The second-order valence-corrected chi connectivity index (χ2v) is 5.52. The first-order chi connectivity index (χ1) is 8.22. The van der Waals surface area contributed by atoms with Crippen LogP contribution in [0.4, 0.5) is 0 Å². The Hall–Kier alpha value is -0.610. The molecule has 0 aromatic heterocycles. The third kappa shape index (κ3) is 2.99. The number of nitrogens with zero attached hydrogens (tertiary/aromatic N) is 1. The predicted octanol–water partition coefficient (Wildman–Crippen LogP) is 1.30. The van der Waals surface area contributed by atoms with Crippen LogP contribution < -0.4 is 5.73 Å². The summed E-state index contributed by atoms with van der Waals surface area (Å²) >= 11 is 0. The van der Waals surface area contributed by atoms with Crippen molar-refractivity contribution < 1.29 is 9.90 Å². The summed E-state index contributed by atoms with van der Waals surface area (Å²) in [7, 11) is 0. The van der Waals surface area contributed by atoms with Crippen molar-refractivity contribution in [2.24, 2.45) is 17.6 Å². The van der Waals surface area contributed by atoms with Crippen molar-refractivity contribution in [3.63, 3.8) is 0 Å². The largest absolute Gasteiger partial charge is 0.480 e. The van der Waals surface area contributed by atoms with Crippen LogP contribution in [-0.2, 0) is 4.79 Å². The van der Waals surface area contributed by atoms with Gasteiger partial charge >= 0.3 is 5.97 Å². The molecule has 1 saturated carbocycles. The second kappa shape index (κ2) is 5.83. The van der Waals surface area contributed by atoms with Gasteiger partial charge in [-0.1, -0.05) is 19.3 Å². The number of hydrogen-bond acceptors (Lipinski definition) is 3. The molecule has 0 radical (unpaired) electrons. The summed E-state index contributed by atoms with van der Waals surface area (Å²) in [5.41, 5.74) is 5.52. The Labute approximate surface area is 103 Å². The Morgan fingerprint density at radius 3 is 2.65 bits per heavy atom. The standard InChI is InChI=1S/C13H24N2O2/c14-7-5-12(13(16)17)15-8-6-10-3-1-2-4-11(10)9-15/h10-12H,1-9,14H2,(H,16,17). The molecule has 3 atom stereocenters. The van der Waals surface area contributed by atoms with E-state index < -0.39 is 5.97 Å². The maximum Gasteiger partial charge on any atom is 0.320 e. The molecule has 3 unspecified atom stereocenters. The minimum Gasteiger partial charge on any atom is -0.480 e. The lowest BCUT2D eigenvalue weighted by molar-refractivity contribution is -0.144. The topological polar surface area (TPSA) is 66.6 Å². The van der Waals surface area contributed by atoms with Gasteiger partial charge in [0.25, 0.3) is 0 Å². The fourth-order valence-electron chi connectivity index (χ4n) is 3.53. The molecule has 1 aliphatic heterocycles. The molecule has 0 aromatic rings. The number of likely N-dealkylation sites (tertiary alicyclic amines) is 1. The van der Waals surface area contributed by atoms with Gasteiger partial charge in [0.2, 0.25) is 0 Å². The minimum atomic E-state index is -0.704. The average molecular weight is 240 g/mol. The maximum atomic E-state index is 11.3. The summed E-state index contributed by atoms with van der Waals surface area (Å²) in [6, 6.07) is -0.358. The van der Waals surface area contributed by atoms with E-state index in [-0.39, 0.29) is 6.04 Å². The molecule has 0 amide bonds. The fourth-order valence-corrected chi connectivity index (χ4v) is 3.53. The number of nitrogens with two attached hydrogens (primary N) is 1. The highest BCUT2D eigenvalue weighted by Crippen LogP contribution is 2.36. The summed E-state index contributed by atoms with van der Waals surface area (Å²) in [5, 5.41) is 9.26. The molecule has 17 heavy (non-hydrogen) atoms. The molecule has 0 spiro atoms. The fraction of sp³-hybridized carbons (Fsp3) is 0.923. The Kier molecular flexibility index (Phi) is 4.40. The van der Waals surface area contributed by atoms with Crippen molar-refractivity contribution >= 4 is 5.97 Å². The first-order valence-electron chi connectivity index (χ1n) is 6.89. The van der Waals surface area contributed by atoms with E-state index >= 15 is 0 Å². The quantitative estimate of drug-likeness (QED) is 0.777. The van der Waals surface area contributed by atoms with E-state index in [1.807, 2.05) is 0 Å². The molecule has 0 aromatic carbocycles. The smallest absolute Gasteiger partial charge is 0.320 e. The highest BCUT2D eigenvalue weighted by molar-refractivity contribution is 5.73. The number of carboxylic acid groups (broad SMARTS) is 1. The van der Waals surface area contributed by atoms with Gasteiger partial charge in [0, 0.05) is 6.54 Å². The molecule has 1 heterocycles. The van der Waals surface area contributed by atoms with Gasteiger partial charge in [-0.15, -0.1) is 0 Å². The second-order valence-electron chi connectivity index (χ2n) is 5.52. The van der Waals surface area contributed by atoms with Crippen LogP contribution in [0.25, 0.3) is 0 Å². The lowest BCUT2D eigenvalue weighted by Gasteiger charge is -2.43. The third-order valence-corrected chi connectivity index (χ3v) is 4.49. The Morgan fingerprint density at radius 1 is 1.29 bits per heavy atom. The van der Waals surface area contributed by atoms with Gasteiger partial charge in [-0.25, -0.2) is 0 Å². The number of hydrogen-bond donors (Lipinski definition) is 2. The van der Waals surface area contributed by atoms with Crippen molar-refractivity contribution in [3.8, 4) is 0 Å².